The molecule has 84 valence electrons. The topological polar surface area (TPSA) is 25.8 Å². The highest BCUT2D eigenvalue weighted by atomic mass is 14.8. The third-order valence-electron chi connectivity index (χ3n) is 3.41. The van der Waals surface area contributed by atoms with E-state index in [9.17, 15) is 0 Å². The molecular formula is C16H10N2. The van der Waals surface area contributed by atoms with E-state index < -0.39 is 0 Å². The molecule has 0 aliphatic heterocycles. The maximum atomic E-state index is 4.30. The van der Waals surface area contributed by atoms with Gasteiger partial charge in [0.2, 0.25) is 0 Å². The number of aromatic nitrogens is 2. The molecule has 3 aromatic carbocycles. The Bertz CT molecular complexity index is 806. The molecule has 18 heavy (non-hydrogen) atoms. The summed E-state index contributed by atoms with van der Waals surface area (Å²) in [6.07, 6.45) is 3.48. The third-order valence-corrected chi connectivity index (χ3v) is 3.41. The summed E-state index contributed by atoms with van der Waals surface area (Å²) in [5.74, 6) is 0. The van der Waals surface area contributed by atoms with Gasteiger partial charge in [-0.3, -0.25) is 0 Å². The van der Waals surface area contributed by atoms with Crippen molar-refractivity contribution in [2.24, 2.45) is 0 Å². The second-order valence-electron chi connectivity index (χ2n) is 4.40. The number of nitrogens with zero attached hydrogens (tertiary/aromatic N) is 2. The van der Waals surface area contributed by atoms with Crippen LogP contribution in [0.25, 0.3) is 32.4 Å². The van der Waals surface area contributed by atoms with Gasteiger partial charge >= 0.3 is 0 Å². The van der Waals surface area contributed by atoms with Crippen molar-refractivity contribution >= 4 is 32.4 Å². The normalized spacial score (nSPS) is 11.3. The predicted molar refractivity (Wildman–Crippen MR) is 74.6 cm³/mol. The molecule has 0 N–H and O–H groups in total. The van der Waals surface area contributed by atoms with Crippen LogP contribution in [0.15, 0.2) is 61.1 Å². The number of rotatable bonds is 0. The highest BCUT2D eigenvalue weighted by Gasteiger charge is 2.04. The van der Waals surface area contributed by atoms with Gasteiger partial charge in [0.15, 0.2) is 0 Å². The SMILES string of the molecule is c1ccc2c(c1)ccc1c3cncnc3ccc21. The van der Waals surface area contributed by atoms with Gasteiger partial charge in [0.1, 0.15) is 6.33 Å². The van der Waals surface area contributed by atoms with Gasteiger partial charge < -0.3 is 0 Å². The van der Waals surface area contributed by atoms with Crippen molar-refractivity contribution in [3.8, 4) is 0 Å². The third kappa shape index (κ3) is 1.23. The lowest BCUT2D eigenvalue weighted by Gasteiger charge is -2.06. The van der Waals surface area contributed by atoms with E-state index in [0.717, 1.165) is 10.9 Å². The van der Waals surface area contributed by atoms with E-state index in [1.54, 1.807) is 6.33 Å². The second kappa shape index (κ2) is 3.50. The van der Waals surface area contributed by atoms with Crippen molar-refractivity contribution in [3.05, 3.63) is 61.1 Å². The Balaban J connectivity index is 2.31. The molecule has 1 aromatic heterocycles. The quantitative estimate of drug-likeness (QED) is 0.428. The van der Waals surface area contributed by atoms with Gasteiger partial charge in [-0.2, -0.15) is 0 Å². The first-order valence-electron chi connectivity index (χ1n) is 5.94. The molecule has 0 unspecified atom stereocenters. The minimum Gasteiger partial charge on any atom is -0.244 e. The minimum absolute atomic E-state index is 0.993. The molecule has 0 saturated carbocycles. The van der Waals surface area contributed by atoms with Crippen LogP contribution in [0.4, 0.5) is 0 Å². The van der Waals surface area contributed by atoms with Gasteiger partial charge in [-0.1, -0.05) is 42.5 Å². The number of hydrogen-bond acceptors (Lipinski definition) is 2. The summed E-state index contributed by atoms with van der Waals surface area (Å²) < 4.78 is 0. The van der Waals surface area contributed by atoms with Crippen LogP contribution < -0.4 is 0 Å². The fourth-order valence-electron chi connectivity index (χ4n) is 2.55. The van der Waals surface area contributed by atoms with Crippen LogP contribution in [0, 0.1) is 0 Å². The van der Waals surface area contributed by atoms with Crippen molar-refractivity contribution in [1.82, 2.24) is 9.97 Å². The molecule has 0 radical (unpaired) electrons. The highest BCUT2D eigenvalue weighted by molar-refractivity contribution is 6.16. The zero-order valence-corrected chi connectivity index (χ0v) is 9.67. The summed E-state index contributed by atoms with van der Waals surface area (Å²) in [6, 6.07) is 17.0. The lowest BCUT2D eigenvalue weighted by molar-refractivity contribution is 1.23. The Labute approximate surface area is 104 Å². The van der Waals surface area contributed by atoms with E-state index in [1.165, 1.54) is 21.5 Å². The lowest BCUT2D eigenvalue weighted by Crippen LogP contribution is -1.84. The molecule has 2 heteroatoms. The average Bonchev–Trinajstić information content (AvgIpc) is 2.46. The minimum atomic E-state index is 0.993. The smallest absolute Gasteiger partial charge is 0.116 e. The van der Waals surface area contributed by atoms with Crippen molar-refractivity contribution in [2.75, 3.05) is 0 Å². The Morgan fingerprint density at radius 1 is 0.667 bits per heavy atom. The van der Waals surface area contributed by atoms with Crippen molar-refractivity contribution in [3.63, 3.8) is 0 Å². The van der Waals surface area contributed by atoms with Crippen LogP contribution in [0.3, 0.4) is 0 Å². The molecule has 0 saturated heterocycles. The van der Waals surface area contributed by atoms with Crippen LogP contribution in [0.2, 0.25) is 0 Å². The number of hydrogen-bond donors (Lipinski definition) is 0. The fourth-order valence-corrected chi connectivity index (χ4v) is 2.55. The average molecular weight is 230 g/mol. The first-order valence-corrected chi connectivity index (χ1v) is 5.94. The van der Waals surface area contributed by atoms with E-state index in [1.807, 2.05) is 6.20 Å². The van der Waals surface area contributed by atoms with E-state index >= 15 is 0 Å². The molecule has 2 nitrogen and oxygen atoms in total. The molecule has 0 spiro atoms. The number of fused-ring (bicyclic) bond motifs is 5. The predicted octanol–water partition coefficient (Wildman–Crippen LogP) is 3.94. The monoisotopic (exact) mass is 230 g/mol. The van der Waals surface area contributed by atoms with Crippen LogP contribution in [0.1, 0.15) is 0 Å². The van der Waals surface area contributed by atoms with Gasteiger partial charge in [-0.15, -0.1) is 0 Å². The Morgan fingerprint density at radius 3 is 2.50 bits per heavy atom. The van der Waals surface area contributed by atoms with Crippen LogP contribution in [0.5, 0.6) is 0 Å². The lowest BCUT2D eigenvalue weighted by atomic mass is 10.00. The fraction of sp³-hybridized carbons (Fsp3) is 0. The number of benzene rings is 3. The van der Waals surface area contributed by atoms with Crippen LogP contribution in [-0.4, -0.2) is 9.97 Å². The van der Waals surface area contributed by atoms with E-state index in [0.29, 0.717) is 0 Å². The molecule has 0 aliphatic rings. The molecule has 0 bridgehead atoms. The van der Waals surface area contributed by atoms with Crippen LogP contribution in [-0.2, 0) is 0 Å². The molecule has 4 rings (SSSR count). The molecular weight excluding hydrogens is 220 g/mol. The summed E-state index contributed by atoms with van der Waals surface area (Å²) in [5, 5.41) is 6.13. The summed E-state index contributed by atoms with van der Waals surface area (Å²) in [4.78, 5) is 8.43. The first kappa shape index (κ1) is 9.54. The second-order valence-corrected chi connectivity index (χ2v) is 4.40. The van der Waals surface area contributed by atoms with Crippen molar-refractivity contribution in [2.45, 2.75) is 0 Å². The maximum absolute atomic E-state index is 4.30. The highest BCUT2D eigenvalue weighted by Crippen LogP contribution is 2.29. The van der Waals surface area contributed by atoms with Crippen molar-refractivity contribution < 1.29 is 0 Å². The molecule has 0 amide bonds. The zero-order chi connectivity index (χ0) is 11.9. The molecule has 4 aromatic rings. The Hall–Kier alpha value is -2.48. The van der Waals surface area contributed by atoms with Gasteiger partial charge in [-0.05, 0) is 27.6 Å². The van der Waals surface area contributed by atoms with E-state index in [2.05, 4.69) is 58.5 Å². The first-order chi connectivity index (χ1) is 8.93. The Morgan fingerprint density at radius 2 is 1.50 bits per heavy atom. The molecule has 0 fully saturated rings. The summed E-state index contributed by atoms with van der Waals surface area (Å²) >= 11 is 0. The summed E-state index contributed by atoms with van der Waals surface area (Å²) in [5.41, 5.74) is 0.993. The zero-order valence-electron chi connectivity index (χ0n) is 9.67. The standard InChI is InChI=1S/C16H10N2/c1-2-4-12-11(3-1)5-6-14-13(12)7-8-16-15(14)9-17-10-18-16/h1-10H. The summed E-state index contributed by atoms with van der Waals surface area (Å²) in [6.45, 7) is 0. The van der Waals surface area contributed by atoms with E-state index in [4.69, 9.17) is 0 Å². The summed E-state index contributed by atoms with van der Waals surface area (Å²) in [7, 11) is 0. The molecule has 0 atom stereocenters. The van der Waals surface area contributed by atoms with Gasteiger partial charge in [0.25, 0.3) is 0 Å². The van der Waals surface area contributed by atoms with Gasteiger partial charge in [-0.25, -0.2) is 9.97 Å². The van der Waals surface area contributed by atoms with Crippen LogP contribution >= 0.6 is 0 Å². The largest absolute Gasteiger partial charge is 0.244 e. The van der Waals surface area contributed by atoms with Gasteiger partial charge in [0.05, 0.1) is 5.52 Å². The molecule has 0 aliphatic carbocycles. The maximum Gasteiger partial charge on any atom is 0.116 e. The molecule has 1 heterocycles. The van der Waals surface area contributed by atoms with Gasteiger partial charge in [0, 0.05) is 11.6 Å². The Kier molecular flexibility index (Phi) is 1.86. The van der Waals surface area contributed by atoms with Crippen molar-refractivity contribution in [1.29, 1.82) is 0 Å². The van der Waals surface area contributed by atoms with E-state index in [-0.39, 0.29) is 0 Å².